The number of hydrogen-bond donors (Lipinski definition) is 1. The Kier molecular flexibility index (Phi) is 5.12. The van der Waals surface area contributed by atoms with Gasteiger partial charge in [-0.1, -0.05) is 24.9 Å². The summed E-state index contributed by atoms with van der Waals surface area (Å²) < 4.78 is 1.07. The molecule has 2 bridgehead atoms. The van der Waals surface area contributed by atoms with Crippen molar-refractivity contribution < 1.29 is 0 Å². The topological polar surface area (TPSA) is 12.0 Å². The van der Waals surface area contributed by atoms with Gasteiger partial charge in [-0.2, -0.15) is 0 Å². The Morgan fingerprint density at radius 3 is 2.85 bits per heavy atom. The monoisotopic (exact) mass is 375 g/mol. The first kappa shape index (κ1) is 15.3. The molecule has 4 atom stereocenters. The molecular formula is C16H23BrClNS. The predicted octanol–water partition coefficient (Wildman–Crippen LogP) is 6.03. The molecule has 0 radical (unpaired) electrons. The van der Waals surface area contributed by atoms with Crippen molar-refractivity contribution in [2.45, 2.75) is 51.5 Å². The second-order valence-electron chi connectivity index (χ2n) is 6.45. The quantitative estimate of drug-likeness (QED) is 0.639. The fraction of sp³-hybridized carbons (Fsp3) is 0.750. The zero-order valence-electron chi connectivity index (χ0n) is 12.0. The number of nitrogens with one attached hydrogen (secondary N) is 1. The normalized spacial score (nSPS) is 30.1. The number of thiophene rings is 1. The Bertz CT molecular complexity index is 442. The highest BCUT2D eigenvalue weighted by molar-refractivity contribution is 9.11. The van der Waals surface area contributed by atoms with Crippen LogP contribution < -0.4 is 5.32 Å². The molecule has 3 rings (SSSR count). The molecule has 112 valence electrons. The van der Waals surface area contributed by atoms with Crippen LogP contribution in [0.25, 0.3) is 0 Å². The third-order valence-corrected chi connectivity index (χ3v) is 7.66. The molecule has 0 spiro atoms. The first-order chi connectivity index (χ1) is 9.67. The Labute approximate surface area is 139 Å². The second-order valence-corrected chi connectivity index (χ2v) is 9.26. The molecule has 2 aliphatic rings. The highest BCUT2D eigenvalue weighted by Gasteiger charge is 2.40. The van der Waals surface area contributed by atoms with Crippen LogP contribution in [0.3, 0.4) is 0 Å². The van der Waals surface area contributed by atoms with E-state index in [4.69, 9.17) is 11.6 Å². The van der Waals surface area contributed by atoms with Gasteiger partial charge in [0, 0.05) is 10.9 Å². The van der Waals surface area contributed by atoms with E-state index >= 15 is 0 Å². The first-order valence-electron chi connectivity index (χ1n) is 7.85. The van der Waals surface area contributed by atoms with Crippen LogP contribution in [0, 0.1) is 17.8 Å². The minimum atomic E-state index is 0.494. The van der Waals surface area contributed by atoms with E-state index in [0.29, 0.717) is 6.04 Å². The van der Waals surface area contributed by atoms with E-state index in [9.17, 15) is 0 Å². The summed E-state index contributed by atoms with van der Waals surface area (Å²) in [4.78, 5) is 1.40. The minimum Gasteiger partial charge on any atom is -0.309 e. The smallest absolute Gasteiger partial charge is 0.0887 e. The lowest BCUT2D eigenvalue weighted by atomic mass is 9.84. The average Bonchev–Trinajstić information content (AvgIpc) is 3.11. The minimum absolute atomic E-state index is 0.494. The van der Waals surface area contributed by atoms with E-state index in [2.05, 4.69) is 34.2 Å². The lowest BCUT2D eigenvalue weighted by molar-refractivity contribution is 0.280. The SMILES string of the molecule is CCCNC(CC1CC2CCC1C2)c1cc(Cl)c(Br)s1. The molecule has 0 aliphatic heterocycles. The van der Waals surface area contributed by atoms with Gasteiger partial charge in [-0.25, -0.2) is 0 Å². The molecule has 0 amide bonds. The van der Waals surface area contributed by atoms with E-state index in [1.807, 2.05) is 0 Å². The molecule has 0 aromatic carbocycles. The second kappa shape index (κ2) is 6.68. The highest BCUT2D eigenvalue weighted by atomic mass is 79.9. The summed E-state index contributed by atoms with van der Waals surface area (Å²) in [5.74, 6) is 2.98. The Morgan fingerprint density at radius 1 is 1.45 bits per heavy atom. The van der Waals surface area contributed by atoms with Gasteiger partial charge in [0.2, 0.25) is 0 Å². The van der Waals surface area contributed by atoms with Crippen LogP contribution in [0.2, 0.25) is 5.02 Å². The third kappa shape index (κ3) is 3.26. The summed E-state index contributed by atoms with van der Waals surface area (Å²) in [5.41, 5.74) is 0. The predicted molar refractivity (Wildman–Crippen MR) is 91.6 cm³/mol. The van der Waals surface area contributed by atoms with Crippen molar-refractivity contribution in [2.24, 2.45) is 17.8 Å². The summed E-state index contributed by atoms with van der Waals surface area (Å²) in [5, 5.41) is 4.61. The number of rotatable bonds is 6. The van der Waals surface area contributed by atoms with Crippen molar-refractivity contribution in [2.75, 3.05) is 6.54 Å². The summed E-state index contributed by atoms with van der Waals surface area (Å²) in [6.07, 6.45) is 8.42. The summed E-state index contributed by atoms with van der Waals surface area (Å²) in [6, 6.07) is 2.64. The van der Waals surface area contributed by atoms with Crippen molar-refractivity contribution in [3.8, 4) is 0 Å². The molecule has 2 saturated carbocycles. The van der Waals surface area contributed by atoms with Gasteiger partial charge in [-0.15, -0.1) is 11.3 Å². The van der Waals surface area contributed by atoms with Crippen LogP contribution >= 0.6 is 38.9 Å². The zero-order chi connectivity index (χ0) is 14.1. The van der Waals surface area contributed by atoms with Gasteiger partial charge in [0.1, 0.15) is 0 Å². The lowest BCUT2D eigenvalue weighted by Gasteiger charge is -2.27. The number of halogens is 2. The van der Waals surface area contributed by atoms with Crippen molar-refractivity contribution in [3.05, 3.63) is 19.8 Å². The highest BCUT2D eigenvalue weighted by Crippen LogP contribution is 2.51. The molecule has 0 saturated heterocycles. The van der Waals surface area contributed by atoms with Crippen molar-refractivity contribution in [1.29, 1.82) is 0 Å². The van der Waals surface area contributed by atoms with Crippen LogP contribution in [0.1, 0.15) is 56.4 Å². The van der Waals surface area contributed by atoms with Crippen molar-refractivity contribution >= 4 is 38.9 Å². The fourth-order valence-corrected chi connectivity index (χ4v) is 5.96. The van der Waals surface area contributed by atoms with Crippen LogP contribution in [0.5, 0.6) is 0 Å². The van der Waals surface area contributed by atoms with Gasteiger partial charge >= 0.3 is 0 Å². The van der Waals surface area contributed by atoms with Crippen LogP contribution in [0.4, 0.5) is 0 Å². The van der Waals surface area contributed by atoms with E-state index in [0.717, 1.165) is 33.1 Å². The van der Waals surface area contributed by atoms with Crippen LogP contribution in [0.15, 0.2) is 9.85 Å². The number of hydrogen-bond acceptors (Lipinski definition) is 2. The molecule has 2 fully saturated rings. The van der Waals surface area contributed by atoms with Crippen LogP contribution in [-0.4, -0.2) is 6.54 Å². The molecule has 1 N–H and O–H groups in total. The molecule has 4 unspecified atom stereocenters. The van der Waals surface area contributed by atoms with Gasteiger partial charge in [0.15, 0.2) is 0 Å². The first-order valence-corrected chi connectivity index (χ1v) is 9.84. The Hall–Kier alpha value is 0.430. The molecule has 1 aromatic heterocycles. The molecule has 1 heterocycles. The Morgan fingerprint density at radius 2 is 2.30 bits per heavy atom. The van der Waals surface area contributed by atoms with E-state index < -0.39 is 0 Å². The average molecular weight is 377 g/mol. The summed E-state index contributed by atoms with van der Waals surface area (Å²) >= 11 is 11.6. The molecule has 1 aromatic rings. The van der Waals surface area contributed by atoms with E-state index in [-0.39, 0.29) is 0 Å². The molecule has 20 heavy (non-hydrogen) atoms. The maximum Gasteiger partial charge on any atom is 0.0887 e. The van der Waals surface area contributed by atoms with Crippen molar-refractivity contribution in [1.82, 2.24) is 5.32 Å². The van der Waals surface area contributed by atoms with Gasteiger partial charge < -0.3 is 5.32 Å². The van der Waals surface area contributed by atoms with E-state index in [1.54, 1.807) is 11.3 Å². The molecule has 4 heteroatoms. The largest absolute Gasteiger partial charge is 0.309 e. The Balaban J connectivity index is 1.69. The number of fused-ring (bicyclic) bond motifs is 2. The molecule has 2 aliphatic carbocycles. The van der Waals surface area contributed by atoms with Gasteiger partial charge in [0.05, 0.1) is 8.81 Å². The molecular weight excluding hydrogens is 354 g/mol. The summed E-state index contributed by atoms with van der Waals surface area (Å²) in [7, 11) is 0. The summed E-state index contributed by atoms with van der Waals surface area (Å²) in [6.45, 7) is 3.33. The maximum atomic E-state index is 6.22. The van der Waals surface area contributed by atoms with Gasteiger partial charge in [0.25, 0.3) is 0 Å². The van der Waals surface area contributed by atoms with Gasteiger partial charge in [-0.3, -0.25) is 0 Å². The standard InChI is InChI=1S/C16H23BrClNS/c1-2-5-19-14(15-9-13(18)16(17)20-15)8-12-7-10-3-4-11(12)6-10/h9-12,14,19H,2-8H2,1H3. The molecule has 1 nitrogen and oxygen atoms in total. The maximum absolute atomic E-state index is 6.22. The lowest BCUT2D eigenvalue weighted by Crippen LogP contribution is -2.25. The third-order valence-electron chi connectivity index (χ3n) is 5.07. The van der Waals surface area contributed by atoms with Crippen LogP contribution in [-0.2, 0) is 0 Å². The zero-order valence-corrected chi connectivity index (χ0v) is 15.2. The van der Waals surface area contributed by atoms with Gasteiger partial charge in [-0.05, 0) is 78.4 Å². The fourth-order valence-electron chi connectivity index (χ4n) is 4.12. The van der Waals surface area contributed by atoms with Crippen molar-refractivity contribution in [3.63, 3.8) is 0 Å². The van der Waals surface area contributed by atoms with E-state index in [1.165, 1.54) is 43.4 Å².